The molecule has 0 radical (unpaired) electrons. The molecule has 9 atom stereocenters. The molecule has 0 aliphatic rings. The zero-order valence-electron chi connectivity index (χ0n) is 58.5. The van der Waals surface area contributed by atoms with E-state index in [9.17, 15) is 67.1 Å². The molecule has 0 fully saturated rings. The van der Waals surface area contributed by atoms with E-state index < -0.39 is 157 Å². The van der Waals surface area contributed by atoms with E-state index >= 15 is 0 Å². The van der Waals surface area contributed by atoms with Gasteiger partial charge in [0.2, 0.25) is 59.1 Å². The van der Waals surface area contributed by atoms with E-state index in [1.165, 1.54) is 0 Å². The lowest BCUT2D eigenvalue weighted by Gasteiger charge is -2.27. The molecule has 2 rings (SSSR count). The number of aldehydes is 2. The van der Waals surface area contributed by atoms with Crippen molar-refractivity contribution in [2.45, 2.75) is 159 Å². The second-order valence-electron chi connectivity index (χ2n) is 24.3. The van der Waals surface area contributed by atoms with Crippen molar-refractivity contribution in [3.05, 3.63) is 59.7 Å². The fourth-order valence-corrected chi connectivity index (χ4v) is 9.55. The summed E-state index contributed by atoms with van der Waals surface area (Å²) in [4.78, 5) is 183. The van der Waals surface area contributed by atoms with E-state index in [2.05, 4.69) is 73.8 Å². The van der Waals surface area contributed by atoms with Gasteiger partial charge in [0, 0.05) is 32.6 Å². The first kappa shape index (κ1) is 87.5. The standard InChI is InChI=1S/C65H103N19O18/c1-37(2)55(62(99)81-46(11-7-23-75-64(67)68)58(95)77-33-51(88)79-41(35-85)31-53(90)91)83-60(97)48(71-5)29-39-13-17-43(18-14-39)101-27-9-25-73-50(87)22-21-45(66)57(94)74-26-10-28-102-44-19-15-40(16-20-44)30-49(72-6)61(98)84-56(38(3)4)63(100)82-47(12-8-24-76-65(69)70)59(96)78-34-52(89)80-42(36-86)32-54(92)93/h13-20,35-38,41-42,45-49,55-56,71-72H,7-12,21-34,66H2,1-6H3,(H,73,87)(H,74,94)(H,77,95)(H,78,96)(H,79,88)(H,80,89)(H,81,99)(H,82,100)(H,83,97)(H,84,98)(H,90,91)(H,92,93)(H4,67,68,75)(H4,69,70,76)/t41-,42-,45?,46-,47-,48+,49+,55-,56-/m0/s1. The summed E-state index contributed by atoms with van der Waals surface area (Å²) in [5, 5.41) is 49.3. The number of aliphatic carboxylic acids is 2. The number of nitrogens with two attached hydrogens (primary N) is 5. The van der Waals surface area contributed by atoms with Gasteiger partial charge in [-0.1, -0.05) is 52.0 Å². The number of rotatable bonds is 52. The van der Waals surface area contributed by atoms with Gasteiger partial charge in [0.25, 0.3) is 0 Å². The number of ether oxygens (including phenoxy) is 2. The molecule has 0 bridgehead atoms. The van der Waals surface area contributed by atoms with Crippen molar-refractivity contribution in [3.63, 3.8) is 0 Å². The van der Waals surface area contributed by atoms with E-state index in [1.807, 2.05) is 0 Å². The number of carboxylic acids is 2. The third kappa shape index (κ3) is 36.5. The Morgan fingerprint density at radius 2 is 0.843 bits per heavy atom. The highest BCUT2D eigenvalue weighted by molar-refractivity contribution is 5.96. The summed E-state index contributed by atoms with van der Waals surface area (Å²) in [5.41, 5.74) is 29.3. The fraction of sp³-hybridized carbons (Fsp3) is 0.569. The maximum Gasteiger partial charge on any atom is 0.305 e. The lowest BCUT2D eigenvalue weighted by Crippen LogP contribution is -2.58. The largest absolute Gasteiger partial charge is 0.494 e. The van der Waals surface area contributed by atoms with Gasteiger partial charge in [-0.05, 0) is 119 Å². The van der Waals surface area contributed by atoms with Crippen LogP contribution in [0.4, 0.5) is 0 Å². The van der Waals surface area contributed by atoms with Gasteiger partial charge in [0.15, 0.2) is 11.9 Å². The maximum atomic E-state index is 13.7. The number of guanidine groups is 2. The molecule has 2 aromatic rings. The number of hydrogen-bond acceptors (Lipinski definition) is 21. The van der Waals surface area contributed by atoms with Crippen molar-refractivity contribution in [2.24, 2.45) is 50.5 Å². The Balaban J connectivity index is 1.80. The molecule has 24 N–H and O–H groups in total. The molecule has 0 aliphatic heterocycles. The summed E-state index contributed by atoms with van der Waals surface area (Å²) in [7, 11) is 3.17. The average molecular weight is 1440 g/mol. The summed E-state index contributed by atoms with van der Waals surface area (Å²) < 4.78 is 11.7. The second kappa shape index (κ2) is 48.3. The predicted molar refractivity (Wildman–Crippen MR) is 373 cm³/mol. The van der Waals surface area contributed by atoms with Crippen molar-refractivity contribution >= 4 is 95.5 Å². The van der Waals surface area contributed by atoms with Gasteiger partial charge in [-0.25, -0.2) is 0 Å². The van der Waals surface area contributed by atoms with Crippen molar-refractivity contribution in [1.82, 2.24) is 63.8 Å². The van der Waals surface area contributed by atoms with E-state index in [4.69, 9.17) is 48.4 Å². The molecule has 37 nitrogen and oxygen atoms in total. The van der Waals surface area contributed by atoms with E-state index in [0.29, 0.717) is 24.3 Å². The number of carbonyl (C=O) groups is 14. The number of likely N-dealkylation sites (N-methyl/N-ethyl adjacent to an activating group) is 2. The Hall–Kier alpha value is -10.6. The Kier molecular flexibility index (Phi) is 41.4. The molecule has 1 unspecified atom stereocenters. The third-order valence-electron chi connectivity index (χ3n) is 15.2. The number of carboxylic acid groups (broad SMARTS) is 2. The minimum atomic E-state index is -1.32. The van der Waals surface area contributed by atoms with Crippen LogP contribution in [-0.2, 0) is 80.0 Å². The second-order valence-corrected chi connectivity index (χ2v) is 24.3. The highest BCUT2D eigenvalue weighted by atomic mass is 16.5. The van der Waals surface area contributed by atoms with Crippen molar-refractivity contribution in [1.29, 1.82) is 0 Å². The van der Waals surface area contributed by atoms with Crippen LogP contribution in [0.5, 0.6) is 11.5 Å². The van der Waals surface area contributed by atoms with Crippen LogP contribution in [0.15, 0.2) is 58.5 Å². The van der Waals surface area contributed by atoms with Crippen molar-refractivity contribution < 1.29 is 86.8 Å². The zero-order chi connectivity index (χ0) is 76.3. The van der Waals surface area contributed by atoms with Crippen LogP contribution in [0, 0.1) is 11.8 Å². The first-order valence-corrected chi connectivity index (χ1v) is 33.3. The molecule has 0 saturated heterocycles. The van der Waals surface area contributed by atoms with Crippen molar-refractivity contribution in [2.75, 3.05) is 66.6 Å². The highest BCUT2D eigenvalue weighted by Gasteiger charge is 2.33. The first-order chi connectivity index (χ1) is 48.4. The summed E-state index contributed by atoms with van der Waals surface area (Å²) >= 11 is 0. The zero-order valence-corrected chi connectivity index (χ0v) is 58.5. The monoisotopic (exact) mass is 1440 g/mol. The average Bonchev–Trinajstić information content (AvgIpc) is 0.862. The van der Waals surface area contributed by atoms with Gasteiger partial charge < -0.3 is 122 Å². The van der Waals surface area contributed by atoms with Crippen LogP contribution in [0.3, 0.4) is 0 Å². The van der Waals surface area contributed by atoms with Gasteiger partial charge in [0.05, 0.1) is 69.4 Å². The van der Waals surface area contributed by atoms with Crippen molar-refractivity contribution in [3.8, 4) is 11.5 Å². The number of nitrogens with one attached hydrogen (secondary N) is 12. The molecule has 0 spiro atoms. The van der Waals surface area contributed by atoms with Crippen LogP contribution >= 0.6 is 0 Å². The minimum absolute atomic E-state index is 0.00510. The highest BCUT2D eigenvalue weighted by Crippen LogP contribution is 2.17. The van der Waals surface area contributed by atoms with Crippen LogP contribution in [-0.4, -0.2) is 227 Å². The van der Waals surface area contributed by atoms with Crippen LogP contribution in [0.2, 0.25) is 0 Å². The molecule has 566 valence electrons. The lowest BCUT2D eigenvalue weighted by atomic mass is 10.00. The van der Waals surface area contributed by atoms with Gasteiger partial charge in [-0.3, -0.25) is 67.5 Å². The fourth-order valence-electron chi connectivity index (χ4n) is 9.55. The van der Waals surface area contributed by atoms with E-state index in [1.54, 1.807) is 90.3 Å². The number of aliphatic imine (C=N–C) groups is 2. The molecule has 0 saturated carbocycles. The topological polar surface area (TPSA) is 597 Å². The summed E-state index contributed by atoms with van der Waals surface area (Å²) in [6, 6.07) is 4.13. The Labute approximate surface area is 591 Å². The normalized spacial score (nSPS) is 13.5. The number of nitrogens with zero attached hydrogens (tertiary/aromatic N) is 2. The van der Waals surface area contributed by atoms with E-state index in [-0.39, 0.29) is 121 Å². The molecule has 0 aliphatic carbocycles. The number of carbonyl (C=O) groups excluding carboxylic acids is 12. The Morgan fingerprint density at radius 3 is 1.19 bits per heavy atom. The first-order valence-electron chi connectivity index (χ1n) is 33.3. The molecule has 37 heteroatoms. The summed E-state index contributed by atoms with van der Waals surface area (Å²) in [5.74, 6) is -9.24. The molecule has 10 amide bonds. The van der Waals surface area contributed by atoms with Crippen LogP contribution in [0.25, 0.3) is 0 Å². The minimum Gasteiger partial charge on any atom is -0.494 e. The molecular formula is C65H103N19O18. The smallest absolute Gasteiger partial charge is 0.305 e. The maximum absolute atomic E-state index is 13.7. The summed E-state index contributed by atoms with van der Waals surface area (Å²) in [6.07, 6.45) is 1.08. The van der Waals surface area contributed by atoms with E-state index in [0.717, 1.165) is 11.1 Å². The number of benzene rings is 2. The lowest BCUT2D eigenvalue weighted by molar-refractivity contribution is -0.139. The third-order valence-corrected chi connectivity index (χ3v) is 15.2. The molecular weight excluding hydrogens is 1330 g/mol. The molecule has 102 heavy (non-hydrogen) atoms. The number of hydrogen-bond donors (Lipinski definition) is 19. The molecule has 2 aromatic carbocycles. The number of amides is 10. The Bertz CT molecular complexity index is 3130. The van der Waals surface area contributed by atoms with Gasteiger partial charge in [-0.15, -0.1) is 0 Å². The predicted octanol–water partition coefficient (Wildman–Crippen LogP) is -5.57. The van der Waals surface area contributed by atoms with Gasteiger partial charge in [0.1, 0.15) is 48.2 Å². The SMILES string of the molecule is CN[C@H](Cc1ccc(OCCCNC(=O)CCC(N)C(=O)NCCCOc2ccc(C[C@@H](NC)C(=O)N[C@H](C(=O)N[C@@H](CCCN=C(N)N)C(=O)NCC(=O)N[C@H](C=O)CC(=O)O)C(C)C)cc2)cc1)C(=O)N[C@H](C(=O)N[C@@H](CCCN=C(N)N)C(=O)NCC(=O)N[C@H](C=O)CC(=O)O)C(C)C. The Morgan fingerprint density at radius 1 is 0.461 bits per heavy atom. The van der Waals surface area contributed by atoms with Gasteiger partial charge >= 0.3 is 11.9 Å². The van der Waals surface area contributed by atoms with Crippen LogP contribution in [0.1, 0.15) is 103 Å². The summed E-state index contributed by atoms with van der Waals surface area (Å²) in [6.45, 7) is 6.78. The molecule has 0 heterocycles. The van der Waals surface area contributed by atoms with Gasteiger partial charge in [-0.2, -0.15) is 0 Å². The van der Waals surface area contributed by atoms with Crippen LogP contribution < -0.4 is 102 Å². The molecule has 0 aromatic heterocycles. The quantitative estimate of drug-likeness (QED) is 0.0127.